The first-order valence-corrected chi connectivity index (χ1v) is 3.40. The predicted octanol–water partition coefficient (Wildman–Crippen LogP) is 1.05. The summed E-state index contributed by atoms with van der Waals surface area (Å²) >= 11 is 0. The average molecular weight is 160 g/mol. The van der Waals surface area contributed by atoms with Gasteiger partial charge in [0.1, 0.15) is 0 Å². The summed E-state index contributed by atoms with van der Waals surface area (Å²) in [6.07, 6.45) is 0.257. The topological polar surface area (TPSA) is 52.6 Å². The van der Waals surface area contributed by atoms with Crippen LogP contribution in [-0.2, 0) is 19.4 Å². The molecule has 0 aliphatic rings. The van der Waals surface area contributed by atoms with Crippen LogP contribution in [0.2, 0.25) is 0 Å². The maximum atomic E-state index is 10.7. The molecule has 0 atom stereocenters. The van der Waals surface area contributed by atoms with Crippen molar-refractivity contribution in [2.24, 2.45) is 5.92 Å². The minimum atomic E-state index is -0.623. The van der Waals surface area contributed by atoms with E-state index in [0.717, 1.165) is 0 Å². The lowest BCUT2D eigenvalue weighted by atomic mass is 10.1. The highest BCUT2D eigenvalue weighted by Gasteiger charge is 2.08. The Labute approximate surface area is 65.4 Å². The van der Waals surface area contributed by atoms with Gasteiger partial charge >= 0.3 is 11.9 Å². The van der Waals surface area contributed by atoms with Crippen molar-refractivity contribution < 1.29 is 19.4 Å². The molecule has 0 saturated carbocycles. The number of carbonyl (C=O) groups is 2. The molecular weight excluding hydrogens is 148 g/mol. The van der Waals surface area contributed by atoms with Crippen molar-refractivity contribution in [2.45, 2.75) is 27.2 Å². The maximum Gasteiger partial charge on any atom is 0.355 e. The third-order valence-electron chi connectivity index (χ3n) is 0.827. The van der Waals surface area contributed by atoms with Gasteiger partial charge < -0.3 is 0 Å². The smallest absolute Gasteiger partial charge is 0.248 e. The fourth-order valence-corrected chi connectivity index (χ4v) is 0.473. The predicted molar refractivity (Wildman–Crippen MR) is 37.3 cm³/mol. The van der Waals surface area contributed by atoms with Gasteiger partial charge in [0.05, 0.1) is 6.42 Å². The minimum absolute atomic E-state index is 0.207. The molecule has 0 unspecified atom stereocenters. The molecular formula is C7H12O4. The molecule has 11 heavy (non-hydrogen) atoms. The Morgan fingerprint density at radius 2 is 1.82 bits per heavy atom. The zero-order chi connectivity index (χ0) is 8.85. The second-order valence-electron chi connectivity index (χ2n) is 2.63. The lowest BCUT2D eigenvalue weighted by Gasteiger charge is -2.02. The van der Waals surface area contributed by atoms with Gasteiger partial charge in [-0.25, -0.2) is 19.4 Å². The second kappa shape index (κ2) is 4.71. The Morgan fingerprint density at radius 1 is 1.27 bits per heavy atom. The normalized spacial score (nSPS) is 9.45. The van der Waals surface area contributed by atoms with E-state index >= 15 is 0 Å². The van der Waals surface area contributed by atoms with E-state index in [1.54, 1.807) is 0 Å². The molecule has 0 radical (unpaired) electrons. The minimum Gasteiger partial charge on any atom is -0.248 e. The van der Waals surface area contributed by atoms with Gasteiger partial charge in [0.2, 0.25) is 0 Å². The molecule has 4 nitrogen and oxygen atoms in total. The van der Waals surface area contributed by atoms with Crippen LogP contribution in [-0.4, -0.2) is 11.9 Å². The Bertz CT molecular complexity index is 151. The highest BCUT2D eigenvalue weighted by atomic mass is 17.2. The van der Waals surface area contributed by atoms with Crippen LogP contribution in [0, 0.1) is 5.92 Å². The van der Waals surface area contributed by atoms with E-state index in [4.69, 9.17) is 0 Å². The van der Waals surface area contributed by atoms with Gasteiger partial charge in [0.25, 0.3) is 0 Å². The fraction of sp³-hybridized carbons (Fsp3) is 0.714. The summed E-state index contributed by atoms with van der Waals surface area (Å²) in [4.78, 5) is 28.9. The van der Waals surface area contributed by atoms with Crippen molar-refractivity contribution in [3.05, 3.63) is 0 Å². The zero-order valence-corrected chi connectivity index (χ0v) is 6.92. The molecule has 0 aromatic heterocycles. The highest BCUT2D eigenvalue weighted by Crippen LogP contribution is 2.00. The lowest BCUT2D eigenvalue weighted by molar-refractivity contribution is -0.257. The molecule has 64 valence electrons. The number of carbonyl (C=O) groups excluding carboxylic acids is 2. The molecule has 0 aromatic carbocycles. The molecule has 0 aliphatic carbocycles. The monoisotopic (exact) mass is 160 g/mol. The van der Waals surface area contributed by atoms with Crippen LogP contribution in [0.5, 0.6) is 0 Å². The van der Waals surface area contributed by atoms with Gasteiger partial charge in [-0.2, -0.15) is 0 Å². The average Bonchev–Trinajstić information content (AvgIpc) is 1.82. The SMILES string of the molecule is CC(=O)OOC(=O)CC(C)C. The van der Waals surface area contributed by atoms with Crippen molar-refractivity contribution >= 4 is 11.9 Å². The zero-order valence-electron chi connectivity index (χ0n) is 6.92. The van der Waals surface area contributed by atoms with Gasteiger partial charge in [-0.3, -0.25) is 0 Å². The van der Waals surface area contributed by atoms with Gasteiger partial charge in [0, 0.05) is 6.92 Å². The van der Waals surface area contributed by atoms with E-state index in [2.05, 4.69) is 9.78 Å². The summed E-state index contributed by atoms with van der Waals surface area (Å²) < 4.78 is 0. The standard InChI is InChI=1S/C7H12O4/c1-5(2)4-7(9)11-10-6(3)8/h5H,4H2,1-3H3. The van der Waals surface area contributed by atoms with E-state index < -0.39 is 11.9 Å². The van der Waals surface area contributed by atoms with Crippen LogP contribution in [0.3, 0.4) is 0 Å². The summed E-state index contributed by atoms with van der Waals surface area (Å²) in [5, 5.41) is 0. The van der Waals surface area contributed by atoms with Gasteiger partial charge in [-0.05, 0) is 5.92 Å². The fourth-order valence-electron chi connectivity index (χ4n) is 0.473. The first-order valence-electron chi connectivity index (χ1n) is 3.40. The van der Waals surface area contributed by atoms with Crippen LogP contribution in [0.25, 0.3) is 0 Å². The molecule has 0 saturated heterocycles. The molecule has 0 aromatic rings. The van der Waals surface area contributed by atoms with Gasteiger partial charge in [-0.1, -0.05) is 13.8 Å². The van der Waals surface area contributed by atoms with Crippen LogP contribution < -0.4 is 0 Å². The van der Waals surface area contributed by atoms with Crippen molar-refractivity contribution in [1.82, 2.24) is 0 Å². The van der Waals surface area contributed by atoms with Crippen molar-refractivity contribution in [2.75, 3.05) is 0 Å². The Balaban J connectivity index is 3.45. The first kappa shape index (κ1) is 9.94. The van der Waals surface area contributed by atoms with Crippen molar-refractivity contribution in [1.29, 1.82) is 0 Å². The first-order chi connectivity index (χ1) is 5.02. The molecule has 4 heteroatoms. The number of hydrogen-bond acceptors (Lipinski definition) is 4. The van der Waals surface area contributed by atoms with Gasteiger partial charge in [0.15, 0.2) is 0 Å². The molecule has 0 spiro atoms. The summed E-state index contributed by atoms with van der Waals surface area (Å²) in [7, 11) is 0. The van der Waals surface area contributed by atoms with E-state index in [1.807, 2.05) is 13.8 Å². The summed E-state index contributed by atoms with van der Waals surface area (Å²) in [6.45, 7) is 4.91. The molecule has 0 heterocycles. The Hall–Kier alpha value is -1.06. The molecule has 0 aliphatic heterocycles. The van der Waals surface area contributed by atoms with Crippen molar-refractivity contribution in [3.63, 3.8) is 0 Å². The molecule has 0 N–H and O–H groups in total. The highest BCUT2D eigenvalue weighted by molar-refractivity contribution is 5.71. The quantitative estimate of drug-likeness (QED) is 0.447. The van der Waals surface area contributed by atoms with Crippen LogP contribution in [0.1, 0.15) is 27.2 Å². The maximum absolute atomic E-state index is 10.7. The van der Waals surface area contributed by atoms with Crippen LogP contribution >= 0.6 is 0 Å². The third kappa shape index (κ3) is 6.83. The lowest BCUT2D eigenvalue weighted by Crippen LogP contribution is -2.10. The Kier molecular flexibility index (Phi) is 4.26. The molecule has 0 fully saturated rings. The van der Waals surface area contributed by atoms with E-state index in [0.29, 0.717) is 0 Å². The largest absolute Gasteiger partial charge is 0.355 e. The van der Waals surface area contributed by atoms with Crippen LogP contribution in [0.15, 0.2) is 0 Å². The second-order valence-corrected chi connectivity index (χ2v) is 2.63. The summed E-state index contributed by atoms with van der Waals surface area (Å²) in [5.41, 5.74) is 0. The molecule has 0 amide bonds. The Morgan fingerprint density at radius 3 is 2.18 bits per heavy atom. The number of rotatable bonds is 2. The third-order valence-corrected chi connectivity index (χ3v) is 0.827. The molecule has 0 rings (SSSR count). The van der Waals surface area contributed by atoms with Gasteiger partial charge in [-0.15, -0.1) is 0 Å². The van der Waals surface area contributed by atoms with E-state index in [-0.39, 0.29) is 12.3 Å². The van der Waals surface area contributed by atoms with Crippen LogP contribution in [0.4, 0.5) is 0 Å². The van der Waals surface area contributed by atoms with E-state index in [9.17, 15) is 9.59 Å². The summed E-state index contributed by atoms with van der Waals surface area (Å²) in [5.74, 6) is -0.935. The number of hydrogen-bond donors (Lipinski definition) is 0. The van der Waals surface area contributed by atoms with E-state index in [1.165, 1.54) is 6.92 Å². The molecule has 0 bridgehead atoms. The van der Waals surface area contributed by atoms with Crippen molar-refractivity contribution in [3.8, 4) is 0 Å². The summed E-state index contributed by atoms with van der Waals surface area (Å²) in [6, 6.07) is 0.